The Kier molecular flexibility index (Phi) is 1.97. The van der Waals surface area contributed by atoms with Crippen molar-refractivity contribution in [3.8, 4) is 0 Å². The van der Waals surface area contributed by atoms with Crippen LogP contribution in [0.1, 0.15) is 26.2 Å². The number of hydrogen-bond donors (Lipinski definition) is 1. The van der Waals surface area contributed by atoms with Gasteiger partial charge in [0.1, 0.15) is 0 Å². The molecule has 0 aromatic heterocycles. The average Bonchev–Trinajstić information content (AvgIpc) is 1.53. The molecule has 0 heterocycles. The molecule has 72 valence electrons. The smallest absolute Gasteiger partial charge is 0.250 e. The van der Waals surface area contributed by atoms with Crippen LogP contribution in [-0.4, -0.2) is 12.5 Å². The van der Waals surface area contributed by atoms with Crippen molar-refractivity contribution in [1.82, 2.24) is 0 Å². The van der Waals surface area contributed by atoms with Gasteiger partial charge in [-0.3, -0.25) is 0 Å². The van der Waals surface area contributed by atoms with Crippen molar-refractivity contribution in [2.24, 2.45) is 16.6 Å². The molecule has 0 atom stereocenters. The van der Waals surface area contributed by atoms with Crippen LogP contribution in [0, 0.1) is 10.8 Å². The minimum atomic E-state index is -2.48. The lowest BCUT2D eigenvalue weighted by Gasteiger charge is -2.72. The fraction of sp³-hybridized carbons (Fsp3) is 1.00. The second-order valence-corrected chi connectivity index (χ2v) is 4.40. The van der Waals surface area contributed by atoms with Crippen LogP contribution in [0.3, 0.4) is 0 Å². The Bertz CT molecular complexity index is 180. The topological polar surface area (TPSA) is 26.0 Å². The van der Waals surface area contributed by atoms with E-state index in [1.807, 2.05) is 0 Å². The fourth-order valence-electron chi connectivity index (χ4n) is 2.68. The zero-order valence-electron chi connectivity index (χ0n) is 7.07. The van der Waals surface area contributed by atoms with Crippen LogP contribution in [0.25, 0.3) is 0 Å². The zero-order valence-corrected chi connectivity index (χ0v) is 7.89. The maximum atomic E-state index is 12.9. The molecule has 0 amide bonds. The SMILES string of the molecule is CC(F)(F)C12CC(CN)(C1)C2.Cl. The van der Waals surface area contributed by atoms with E-state index >= 15 is 0 Å². The van der Waals surface area contributed by atoms with E-state index < -0.39 is 11.3 Å². The minimum Gasteiger partial charge on any atom is -0.330 e. The normalized spacial score (nSPS) is 44.0. The monoisotopic (exact) mass is 197 g/mol. The summed E-state index contributed by atoms with van der Waals surface area (Å²) in [4.78, 5) is 0. The van der Waals surface area contributed by atoms with Gasteiger partial charge in [0.2, 0.25) is 0 Å². The van der Waals surface area contributed by atoms with Gasteiger partial charge in [-0.25, -0.2) is 8.78 Å². The predicted molar refractivity (Wildman–Crippen MR) is 45.6 cm³/mol. The molecular weight excluding hydrogens is 184 g/mol. The average molecular weight is 198 g/mol. The van der Waals surface area contributed by atoms with Crippen LogP contribution in [-0.2, 0) is 0 Å². The van der Waals surface area contributed by atoms with Gasteiger partial charge in [-0.15, -0.1) is 12.4 Å². The summed E-state index contributed by atoms with van der Waals surface area (Å²) in [6.07, 6.45) is 1.96. The first-order chi connectivity index (χ1) is 4.93. The molecule has 0 radical (unpaired) electrons. The second-order valence-electron chi connectivity index (χ2n) is 4.40. The van der Waals surface area contributed by atoms with Crippen LogP contribution >= 0.6 is 12.4 Å². The lowest BCUT2D eigenvalue weighted by molar-refractivity contribution is -0.304. The molecule has 4 heteroatoms. The Morgan fingerprint density at radius 3 is 2.00 bits per heavy atom. The molecule has 0 saturated heterocycles. The molecule has 2 N–H and O–H groups in total. The van der Waals surface area contributed by atoms with E-state index in [4.69, 9.17) is 5.73 Å². The molecule has 0 spiro atoms. The van der Waals surface area contributed by atoms with Gasteiger partial charge in [-0.05, 0) is 38.1 Å². The standard InChI is InChI=1S/C8H13F2N.ClH/c1-6(9,10)8-2-7(3-8,4-8)5-11;/h2-5,11H2,1H3;1H. The van der Waals surface area contributed by atoms with Gasteiger partial charge in [0.05, 0.1) is 0 Å². The molecule has 3 saturated carbocycles. The van der Waals surface area contributed by atoms with Crippen molar-refractivity contribution in [1.29, 1.82) is 0 Å². The molecule has 1 nitrogen and oxygen atoms in total. The molecule has 3 aliphatic carbocycles. The number of rotatable bonds is 2. The number of nitrogens with two attached hydrogens (primary N) is 1. The largest absolute Gasteiger partial charge is 0.330 e. The number of halogens is 3. The van der Waals surface area contributed by atoms with E-state index in [0.29, 0.717) is 25.8 Å². The molecule has 0 aromatic rings. The maximum absolute atomic E-state index is 12.9. The van der Waals surface area contributed by atoms with Crippen LogP contribution in [0.5, 0.6) is 0 Å². The number of hydrogen-bond acceptors (Lipinski definition) is 1. The summed E-state index contributed by atoms with van der Waals surface area (Å²) in [5.41, 5.74) is 4.94. The van der Waals surface area contributed by atoms with E-state index in [0.717, 1.165) is 6.92 Å². The highest BCUT2D eigenvalue weighted by Gasteiger charge is 2.74. The molecule has 2 bridgehead atoms. The van der Waals surface area contributed by atoms with E-state index in [1.165, 1.54) is 0 Å². The van der Waals surface area contributed by atoms with Gasteiger partial charge in [0, 0.05) is 5.41 Å². The summed E-state index contributed by atoms with van der Waals surface area (Å²) in [6, 6.07) is 0. The quantitative estimate of drug-likeness (QED) is 0.722. The molecule has 12 heavy (non-hydrogen) atoms. The molecule has 3 aliphatic rings. The van der Waals surface area contributed by atoms with Gasteiger partial charge < -0.3 is 5.73 Å². The molecular formula is C8H14ClF2N. The Hall–Kier alpha value is 0.110. The fourth-order valence-corrected chi connectivity index (χ4v) is 2.68. The van der Waals surface area contributed by atoms with Crippen molar-refractivity contribution < 1.29 is 8.78 Å². The summed E-state index contributed by atoms with van der Waals surface area (Å²) in [7, 11) is 0. The van der Waals surface area contributed by atoms with E-state index in [1.54, 1.807) is 0 Å². The Balaban J connectivity index is 0.000000720. The first kappa shape index (κ1) is 10.2. The van der Waals surface area contributed by atoms with E-state index in [9.17, 15) is 8.78 Å². The maximum Gasteiger partial charge on any atom is 0.250 e. The lowest BCUT2D eigenvalue weighted by Crippen LogP contribution is -2.70. The van der Waals surface area contributed by atoms with Gasteiger partial charge in [0.15, 0.2) is 0 Å². The molecule has 0 unspecified atom stereocenters. The Morgan fingerprint density at radius 2 is 1.75 bits per heavy atom. The summed E-state index contributed by atoms with van der Waals surface area (Å²) in [5, 5.41) is 0. The second kappa shape index (κ2) is 2.32. The van der Waals surface area contributed by atoms with Gasteiger partial charge in [0.25, 0.3) is 5.92 Å². The Labute approximate surface area is 77.1 Å². The number of alkyl halides is 2. The van der Waals surface area contributed by atoms with Crippen molar-refractivity contribution in [2.45, 2.75) is 32.1 Å². The highest BCUT2D eigenvalue weighted by Crippen LogP contribution is 2.77. The highest BCUT2D eigenvalue weighted by molar-refractivity contribution is 5.85. The Morgan fingerprint density at radius 1 is 1.33 bits per heavy atom. The third-order valence-corrected chi connectivity index (χ3v) is 3.50. The van der Waals surface area contributed by atoms with Crippen molar-refractivity contribution in [2.75, 3.05) is 6.54 Å². The van der Waals surface area contributed by atoms with Crippen molar-refractivity contribution >= 4 is 12.4 Å². The van der Waals surface area contributed by atoms with Crippen LogP contribution in [0.4, 0.5) is 8.78 Å². The lowest BCUT2D eigenvalue weighted by atomic mass is 9.33. The zero-order chi connectivity index (χ0) is 8.33. The predicted octanol–water partition coefficient (Wildman–Crippen LogP) is 2.19. The molecule has 3 fully saturated rings. The van der Waals surface area contributed by atoms with Crippen LogP contribution in [0.15, 0.2) is 0 Å². The summed E-state index contributed by atoms with van der Waals surface area (Å²) in [5.74, 6) is -2.48. The molecule has 0 aromatic carbocycles. The summed E-state index contributed by atoms with van der Waals surface area (Å²) >= 11 is 0. The van der Waals surface area contributed by atoms with Gasteiger partial charge in [-0.1, -0.05) is 0 Å². The van der Waals surface area contributed by atoms with E-state index in [-0.39, 0.29) is 17.8 Å². The first-order valence-electron chi connectivity index (χ1n) is 4.01. The highest BCUT2D eigenvalue weighted by atomic mass is 35.5. The minimum absolute atomic E-state index is 0. The third-order valence-electron chi connectivity index (χ3n) is 3.50. The summed E-state index contributed by atoms with van der Waals surface area (Å²) < 4.78 is 25.7. The van der Waals surface area contributed by atoms with Crippen LogP contribution < -0.4 is 5.73 Å². The van der Waals surface area contributed by atoms with Gasteiger partial charge >= 0.3 is 0 Å². The molecule has 3 rings (SSSR count). The van der Waals surface area contributed by atoms with Crippen LogP contribution in [0.2, 0.25) is 0 Å². The van der Waals surface area contributed by atoms with Crippen molar-refractivity contribution in [3.05, 3.63) is 0 Å². The third kappa shape index (κ3) is 0.925. The summed E-state index contributed by atoms with van der Waals surface area (Å²) in [6.45, 7) is 1.62. The first-order valence-corrected chi connectivity index (χ1v) is 4.01. The van der Waals surface area contributed by atoms with E-state index in [2.05, 4.69) is 0 Å². The van der Waals surface area contributed by atoms with Gasteiger partial charge in [-0.2, -0.15) is 0 Å². The molecule has 0 aliphatic heterocycles. The van der Waals surface area contributed by atoms with Crippen molar-refractivity contribution in [3.63, 3.8) is 0 Å².